The van der Waals surface area contributed by atoms with Crippen molar-refractivity contribution in [3.63, 3.8) is 0 Å². The maximum absolute atomic E-state index is 4.33. The molecule has 2 aliphatic heterocycles. The van der Waals surface area contributed by atoms with Crippen molar-refractivity contribution in [2.45, 2.75) is 6.92 Å². The number of benzene rings is 5. The molecule has 39 heavy (non-hydrogen) atoms. The van der Waals surface area contributed by atoms with E-state index in [-0.39, 0.29) is 6.85 Å². The number of para-hydroxylation sites is 1. The molecule has 5 aromatic carbocycles. The summed E-state index contributed by atoms with van der Waals surface area (Å²) < 4.78 is 0. The number of pyridine rings is 1. The van der Waals surface area contributed by atoms with Gasteiger partial charge in [-0.1, -0.05) is 97.1 Å². The van der Waals surface area contributed by atoms with Gasteiger partial charge in [-0.05, 0) is 75.5 Å². The minimum Gasteiger partial charge on any atom is -0.376 e. The maximum Gasteiger partial charge on any atom is 0.329 e. The third kappa shape index (κ3) is 3.33. The lowest BCUT2D eigenvalue weighted by molar-refractivity contribution is 1.29. The van der Waals surface area contributed by atoms with E-state index >= 15 is 0 Å². The zero-order valence-electron chi connectivity index (χ0n) is 21.7. The Bertz CT molecular complexity index is 1890. The highest BCUT2D eigenvalue weighted by molar-refractivity contribution is 6.92. The van der Waals surface area contributed by atoms with Crippen LogP contribution in [0.4, 0.5) is 11.4 Å². The summed E-state index contributed by atoms with van der Waals surface area (Å²) in [6, 6.07) is 44.5. The molecule has 3 heteroatoms. The summed E-state index contributed by atoms with van der Waals surface area (Å²) in [6.07, 6.45) is 3.80. The molecule has 6 aromatic rings. The van der Waals surface area contributed by atoms with Crippen LogP contribution in [0.3, 0.4) is 0 Å². The van der Waals surface area contributed by atoms with E-state index in [1.807, 2.05) is 12.4 Å². The number of aromatic nitrogens is 1. The van der Waals surface area contributed by atoms with Gasteiger partial charge in [0, 0.05) is 40.5 Å². The number of fused-ring (bicyclic) bond motifs is 11. The number of rotatable bonds is 2. The van der Waals surface area contributed by atoms with Crippen molar-refractivity contribution in [2.75, 3.05) is 4.81 Å². The van der Waals surface area contributed by atoms with E-state index in [9.17, 15) is 0 Å². The van der Waals surface area contributed by atoms with Crippen LogP contribution in [0, 0.1) is 6.92 Å². The molecule has 8 rings (SSSR count). The molecule has 0 spiro atoms. The molecule has 0 N–H and O–H groups in total. The zero-order valence-corrected chi connectivity index (χ0v) is 21.7. The molecule has 2 aliphatic rings. The SMILES string of the molecule is Cc1ccncc1-c1ccc(-c2ccc3c(c2)-c2ccccc2B2c4ccccc4-c4ccccc4N23)cc1. The summed E-state index contributed by atoms with van der Waals surface area (Å²) in [4.78, 5) is 6.88. The molecular weight excluding hydrogens is 471 g/mol. The van der Waals surface area contributed by atoms with Gasteiger partial charge in [0.15, 0.2) is 0 Å². The molecular formula is C36H25BN2. The highest BCUT2D eigenvalue weighted by Gasteiger charge is 2.41. The molecule has 0 saturated carbocycles. The minimum absolute atomic E-state index is 0.146. The Hall–Kier alpha value is -4.89. The van der Waals surface area contributed by atoms with Crippen LogP contribution in [0.1, 0.15) is 5.56 Å². The maximum atomic E-state index is 4.33. The van der Waals surface area contributed by atoms with Crippen molar-refractivity contribution in [2.24, 2.45) is 0 Å². The molecule has 3 heterocycles. The van der Waals surface area contributed by atoms with Gasteiger partial charge in [0.25, 0.3) is 0 Å². The zero-order chi connectivity index (χ0) is 25.9. The van der Waals surface area contributed by atoms with Gasteiger partial charge in [0.05, 0.1) is 0 Å². The fourth-order valence-electron chi connectivity index (χ4n) is 6.48. The van der Waals surface area contributed by atoms with Gasteiger partial charge >= 0.3 is 6.85 Å². The number of aryl methyl sites for hydroxylation is 1. The summed E-state index contributed by atoms with van der Waals surface area (Å²) >= 11 is 0. The predicted octanol–water partition coefficient (Wildman–Crippen LogP) is 7.63. The largest absolute Gasteiger partial charge is 0.376 e. The second kappa shape index (κ2) is 8.57. The van der Waals surface area contributed by atoms with E-state index in [4.69, 9.17) is 0 Å². The molecule has 0 radical (unpaired) electrons. The van der Waals surface area contributed by atoms with Crippen LogP contribution in [-0.2, 0) is 0 Å². The van der Waals surface area contributed by atoms with Crippen LogP contribution in [-0.4, -0.2) is 11.8 Å². The van der Waals surface area contributed by atoms with Crippen LogP contribution in [0.15, 0.2) is 134 Å². The Kier molecular flexibility index (Phi) is 4.87. The molecule has 0 atom stereocenters. The first-order chi connectivity index (χ1) is 19.3. The van der Waals surface area contributed by atoms with E-state index in [0.717, 1.165) is 0 Å². The van der Waals surface area contributed by atoms with Crippen LogP contribution in [0.2, 0.25) is 0 Å². The Morgan fingerprint density at radius 2 is 1.10 bits per heavy atom. The topological polar surface area (TPSA) is 16.1 Å². The van der Waals surface area contributed by atoms with Crippen LogP contribution >= 0.6 is 0 Å². The third-order valence-corrected chi connectivity index (χ3v) is 8.34. The van der Waals surface area contributed by atoms with Crippen LogP contribution < -0.4 is 15.7 Å². The average Bonchev–Trinajstić information content (AvgIpc) is 3.01. The monoisotopic (exact) mass is 496 g/mol. The number of anilines is 2. The lowest BCUT2D eigenvalue weighted by Gasteiger charge is -2.43. The molecule has 0 bridgehead atoms. The van der Waals surface area contributed by atoms with Crippen molar-refractivity contribution >= 4 is 29.1 Å². The van der Waals surface area contributed by atoms with Gasteiger partial charge < -0.3 is 4.81 Å². The quantitative estimate of drug-likeness (QED) is 0.229. The van der Waals surface area contributed by atoms with Gasteiger partial charge in [0.1, 0.15) is 0 Å². The first-order valence-corrected chi connectivity index (χ1v) is 13.5. The Balaban J connectivity index is 1.30. The normalized spacial score (nSPS) is 12.6. The lowest BCUT2D eigenvalue weighted by Crippen LogP contribution is -2.59. The number of hydrogen-bond acceptors (Lipinski definition) is 2. The Morgan fingerprint density at radius 1 is 0.513 bits per heavy atom. The van der Waals surface area contributed by atoms with Gasteiger partial charge in [-0.15, -0.1) is 0 Å². The van der Waals surface area contributed by atoms with Crippen LogP contribution in [0.5, 0.6) is 0 Å². The molecule has 2 nitrogen and oxygen atoms in total. The minimum atomic E-state index is 0.146. The Labute approximate surface area is 229 Å². The first-order valence-electron chi connectivity index (χ1n) is 13.5. The highest BCUT2D eigenvalue weighted by Crippen LogP contribution is 2.46. The predicted molar refractivity (Wildman–Crippen MR) is 164 cm³/mol. The summed E-state index contributed by atoms with van der Waals surface area (Å²) in [5, 5.41) is 0. The summed E-state index contributed by atoms with van der Waals surface area (Å²) in [7, 11) is 0. The standard InChI is InChI=1S/C36H25BN2/c1-24-20-21-38-23-32(24)26-16-14-25(15-17-26)27-18-19-36-31(22-27)29-9-3-6-12-34(29)37-33-11-5-2-8-28(33)30-10-4-7-13-35(30)39(36)37/h2-23H,1H3. The van der Waals surface area contributed by atoms with Crippen molar-refractivity contribution in [3.05, 3.63) is 139 Å². The van der Waals surface area contributed by atoms with Crippen LogP contribution in [0.25, 0.3) is 44.5 Å². The Morgan fingerprint density at radius 3 is 1.85 bits per heavy atom. The molecule has 0 amide bonds. The average molecular weight is 496 g/mol. The highest BCUT2D eigenvalue weighted by atomic mass is 15.1. The van der Waals surface area contributed by atoms with Crippen molar-refractivity contribution in [1.82, 2.24) is 4.98 Å². The van der Waals surface area contributed by atoms with Crippen molar-refractivity contribution < 1.29 is 0 Å². The summed E-state index contributed by atoms with van der Waals surface area (Å²) in [6.45, 7) is 2.28. The van der Waals surface area contributed by atoms with Crippen molar-refractivity contribution in [3.8, 4) is 44.5 Å². The van der Waals surface area contributed by atoms with Gasteiger partial charge in [-0.2, -0.15) is 0 Å². The number of hydrogen-bond donors (Lipinski definition) is 0. The number of nitrogens with zero attached hydrogens (tertiary/aromatic N) is 2. The first kappa shape index (κ1) is 22.1. The summed E-state index contributed by atoms with van der Waals surface area (Å²) in [5.74, 6) is 0. The fraction of sp³-hybridized carbons (Fsp3) is 0.0278. The molecule has 182 valence electrons. The third-order valence-electron chi connectivity index (χ3n) is 8.34. The van der Waals surface area contributed by atoms with Gasteiger partial charge in [0.2, 0.25) is 0 Å². The van der Waals surface area contributed by atoms with E-state index in [0.29, 0.717) is 0 Å². The van der Waals surface area contributed by atoms with Gasteiger partial charge in [-0.3, -0.25) is 4.98 Å². The molecule has 0 fully saturated rings. The smallest absolute Gasteiger partial charge is 0.329 e. The summed E-state index contributed by atoms with van der Waals surface area (Å²) in [5.41, 5.74) is 16.5. The molecule has 0 saturated heterocycles. The second-order valence-corrected chi connectivity index (χ2v) is 10.5. The van der Waals surface area contributed by atoms with E-state index in [1.165, 1.54) is 72.4 Å². The molecule has 1 aromatic heterocycles. The van der Waals surface area contributed by atoms with E-state index in [1.54, 1.807) is 0 Å². The van der Waals surface area contributed by atoms with Gasteiger partial charge in [-0.25, -0.2) is 0 Å². The fourth-order valence-corrected chi connectivity index (χ4v) is 6.48. The van der Waals surface area contributed by atoms with Crippen molar-refractivity contribution in [1.29, 1.82) is 0 Å². The lowest BCUT2D eigenvalue weighted by atomic mass is 9.43. The molecule has 0 unspecified atom stereocenters. The van der Waals surface area contributed by atoms with E-state index in [2.05, 4.69) is 138 Å². The second-order valence-electron chi connectivity index (χ2n) is 10.5. The molecule has 0 aliphatic carbocycles. The van der Waals surface area contributed by atoms with E-state index < -0.39 is 0 Å².